The van der Waals surface area contributed by atoms with Gasteiger partial charge in [-0.15, -0.1) is 0 Å². The monoisotopic (exact) mass is 281 g/mol. The number of carbonyl (C=O) groups is 1. The summed E-state index contributed by atoms with van der Waals surface area (Å²) in [4.78, 5) is 11.4. The maximum Gasteiger partial charge on any atom is 0.214 e. The highest BCUT2D eigenvalue weighted by Crippen LogP contribution is 2.17. The summed E-state index contributed by atoms with van der Waals surface area (Å²) in [5, 5.41) is 0. The molecule has 19 heavy (non-hydrogen) atoms. The molecule has 0 aliphatic carbocycles. The number of hydrogen-bond donors (Lipinski definition) is 0. The van der Waals surface area contributed by atoms with Crippen molar-refractivity contribution >= 4 is 15.8 Å². The second-order valence-corrected chi connectivity index (χ2v) is 7.12. The van der Waals surface area contributed by atoms with Gasteiger partial charge in [0.25, 0.3) is 0 Å². The zero-order chi connectivity index (χ0) is 13.9. The molecule has 1 aromatic carbocycles. The third kappa shape index (κ3) is 3.64. The third-order valence-corrected chi connectivity index (χ3v) is 5.36. The molecule has 1 saturated heterocycles. The van der Waals surface area contributed by atoms with Gasteiger partial charge in [-0.2, -0.15) is 0 Å². The van der Waals surface area contributed by atoms with Crippen LogP contribution in [0, 0.1) is 5.92 Å². The van der Waals surface area contributed by atoms with Gasteiger partial charge in [-0.25, -0.2) is 12.7 Å². The molecule has 0 saturated carbocycles. The molecular weight excluding hydrogens is 262 g/mol. The summed E-state index contributed by atoms with van der Waals surface area (Å²) in [5.41, 5.74) is 1.02. The van der Waals surface area contributed by atoms with Crippen LogP contribution in [-0.2, 0) is 21.2 Å². The SMILES string of the molecule is CC1CN(S(=O)(=O)CCc2ccccc2)CCC1=O. The molecule has 0 spiro atoms. The number of Topliss-reactive ketones (excluding diaryl/α,β-unsaturated/α-hetero) is 1. The van der Waals surface area contributed by atoms with Crippen LogP contribution in [0.1, 0.15) is 18.9 Å². The minimum atomic E-state index is -3.26. The first-order valence-electron chi connectivity index (χ1n) is 6.53. The third-order valence-electron chi connectivity index (χ3n) is 3.52. The second-order valence-electron chi connectivity index (χ2n) is 5.03. The zero-order valence-corrected chi connectivity index (χ0v) is 11.9. The molecule has 0 radical (unpaired) electrons. The number of aryl methyl sites for hydroxylation is 1. The van der Waals surface area contributed by atoms with E-state index in [-0.39, 0.29) is 17.5 Å². The summed E-state index contributed by atoms with van der Waals surface area (Å²) in [6.45, 7) is 2.46. The van der Waals surface area contributed by atoms with Crippen LogP contribution in [0.5, 0.6) is 0 Å². The first-order valence-corrected chi connectivity index (χ1v) is 8.14. The summed E-state index contributed by atoms with van der Waals surface area (Å²) < 4.78 is 25.9. The van der Waals surface area contributed by atoms with E-state index in [1.54, 1.807) is 6.92 Å². The lowest BCUT2D eigenvalue weighted by Crippen LogP contribution is -2.44. The lowest BCUT2D eigenvalue weighted by atomic mass is 10.0. The van der Waals surface area contributed by atoms with E-state index in [0.717, 1.165) is 5.56 Å². The molecule has 1 aliphatic rings. The fourth-order valence-corrected chi connectivity index (χ4v) is 3.83. The number of benzene rings is 1. The number of nitrogens with zero attached hydrogens (tertiary/aromatic N) is 1. The summed E-state index contributed by atoms with van der Waals surface area (Å²) in [7, 11) is -3.26. The Morgan fingerprint density at radius 2 is 1.95 bits per heavy atom. The van der Waals surface area contributed by atoms with Crippen LogP contribution in [-0.4, -0.2) is 37.3 Å². The van der Waals surface area contributed by atoms with Crippen LogP contribution in [0.25, 0.3) is 0 Å². The lowest BCUT2D eigenvalue weighted by molar-refractivity contribution is -0.124. The van der Waals surface area contributed by atoms with Gasteiger partial charge < -0.3 is 0 Å². The average Bonchev–Trinajstić information content (AvgIpc) is 2.41. The van der Waals surface area contributed by atoms with Gasteiger partial charge in [-0.05, 0) is 12.0 Å². The summed E-state index contributed by atoms with van der Waals surface area (Å²) >= 11 is 0. The van der Waals surface area contributed by atoms with Crippen molar-refractivity contribution in [3.8, 4) is 0 Å². The van der Waals surface area contributed by atoms with Gasteiger partial charge in [0.05, 0.1) is 5.75 Å². The molecule has 1 heterocycles. The quantitative estimate of drug-likeness (QED) is 0.840. The van der Waals surface area contributed by atoms with Crippen molar-refractivity contribution in [1.82, 2.24) is 4.31 Å². The first kappa shape index (κ1) is 14.2. The molecule has 0 amide bonds. The second kappa shape index (κ2) is 5.84. The van der Waals surface area contributed by atoms with Crippen LogP contribution in [0.3, 0.4) is 0 Å². The van der Waals surface area contributed by atoms with Crippen molar-refractivity contribution in [2.24, 2.45) is 5.92 Å². The van der Waals surface area contributed by atoms with Crippen LogP contribution < -0.4 is 0 Å². The highest BCUT2D eigenvalue weighted by molar-refractivity contribution is 7.89. The maximum absolute atomic E-state index is 12.2. The predicted octanol–water partition coefficient (Wildman–Crippen LogP) is 1.47. The normalized spacial score (nSPS) is 21.5. The van der Waals surface area contributed by atoms with E-state index in [1.165, 1.54) is 4.31 Å². The Kier molecular flexibility index (Phi) is 4.37. The number of rotatable bonds is 4. The Morgan fingerprint density at radius 3 is 2.58 bits per heavy atom. The van der Waals surface area contributed by atoms with E-state index < -0.39 is 10.0 Å². The lowest BCUT2D eigenvalue weighted by Gasteiger charge is -2.29. The largest absolute Gasteiger partial charge is 0.299 e. The van der Waals surface area contributed by atoms with Crippen LogP contribution in [0.2, 0.25) is 0 Å². The molecule has 1 atom stereocenters. The molecule has 0 bridgehead atoms. The highest BCUT2D eigenvalue weighted by Gasteiger charge is 2.30. The Morgan fingerprint density at radius 1 is 1.26 bits per heavy atom. The van der Waals surface area contributed by atoms with E-state index in [2.05, 4.69) is 0 Å². The first-order chi connectivity index (χ1) is 8.99. The van der Waals surface area contributed by atoms with Crippen molar-refractivity contribution < 1.29 is 13.2 Å². The van der Waals surface area contributed by atoms with Gasteiger partial charge in [0, 0.05) is 25.4 Å². The minimum absolute atomic E-state index is 0.109. The van der Waals surface area contributed by atoms with E-state index in [1.807, 2.05) is 30.3 Å². The highest BCUT2D eigenvalue weighted by atomic mass is 32.2. The standard InChI is InChI=1S/C14H19NO3S/c1-12-11-15(9-7-14(12)16)19(17,18)10-8-13-5-3-2-4-6-13/h2-6,12H,7-11H2,1H3. The molecule has 1 unspecified atom stereocenters. The molecule has 0 N–H and O–H groups in total. The molecule has 5 heteroatoms. The van der Waals surface area contributed by atoms with Gasteiger partial charge >= 0.3 is 0 Å². The molecular formula is C14H19NO3S. The molecule has 4 nitrogen and oxygen atoms in total. The van der Waals surface area contributed by atoms with Crippen molar-refractivity contribution in [3.05, 3.63) is 35.9 Å². The smallest absolute Gasteiger partial charge is 0.214 e. The molecule has 1 aromatic rings. The Hall–Kier alpha value is -1.20. The predicted molar refractivity (Wildman–Crippen MR) is 74.3 cm³/mol. The van der Waals surface area contributed by atoms with E-state index >= 15 is 0 Å². The number of hydrogen-bond acceptors (Lipinski definition) is 3. The van der Waals surface area contributed by atoms with Gasteiger partial charge in [-0.1, -0.05) is 37.3 Å². The Labute approximate surface area is 114 Å². The molecule has 1 aliphatic heterocycles. The number of carbonyl (C=O) groups excluding carboxylic acids is 1. The number of piperidine rings is 1. The minimum Gasteiger partial charge on any atom is -0.299 e. The van der Waals surface area contributed by atoms with Crippen LogP contribution in [0.4, 0.5) is 0 Å². The Bertz CT molecular complexity index is 539. The maximum atomic E-state index is 12.2. The summed E-state index contributed by atoms with van der Waals surface area (Å²) in [5.74, 6) is 0.0903. The van der Waals surface area contributed by atoms with E-state index in [9.17, 15) is 13.2 Å². The van der Waals surface area contributed by atoms with Crippen molar-refractivity contribution in [3.63, 3.8) is 0 Å². The molecule has 104 valence electrons. The fraction of sp³-hybridized carbons (Fsp3) is 0.500. The van der Waals surface area contributed by atoms with Gasteiger partial charge in [0.1, 0.15) is 5.78 Å². The molecule has 1 fully saturated rings. The van der Waals surface area contributed by atoms with Gasteiger partial charge in [-0.3, -0.25) is 4.79 Å². The van der Waals surface area contributed by atoms with Crippen molar-refractivity contribution in [2.45, 2.75) is 19.8 Å². The van der Waals surface area contributed by atoms with E-state index in [4.69, 9.17) is 0 Å². The summed E-state index contributed by atoms with van der Waals surface area (Å²) in [6.07, 6.45) is 0.855. The molecule has 2 rings (SSSR count). The zero-order valence-electron chi connectivity index (χ0n) is 11.1. The summed E-state index contributed by atoms with van der Waals surface area (Å²) in [6, 6.07) is 9.58. The Balaban J connectivity index is 1.97. The van der Waals surface area contributed by atoms with E-state index in [0.29, 0.717) is 25.9 Å². The van der Waals surface area contributed by atoms with Gasteiger partial charge in [0.15, 0.2) is 0 Å². The number of sulfonamides is 1. The molecule has 0 aromatic heterocycles. The van der Waals surface area contributed by atoms with Crippen molar-refractivity contribution in [2.75, 3.05) is 18.8 Å². The van der Waals surface area contributed by atoms with Crippen LogP contribution >= 0.6 is 0 Å². The topological polar surface area (TPSA) is 54.5 Å². The van der Waals surface area contributed by atoms with Gasteiger partial charge in [0.2, 0.25) is 10.0 Å². The van der Waals surface area contributed by atoms with Crippen LogP contribution in [0.15, 0.2) is 30.3 Å². The van der Waals surface area contributed by atoms with Crippen molar-refractivity contribution in [1.29, 1.82) is 0 Å². The number of ketones is 1. The fourth-order valence-electron chi connectivity index (χ4n) is 2.25. The average molecular weight is 281 g/mol.